The topological polar surface area (TPSA) is 97.7 Å². The molecule has 2 heterocycles. The number of anilines is 1. The molecule has 1 aliphatic heterocycles. The molecule has 1 amide bonds. The molecule has 8 nitrogen and oxygen atoms in total. The van der Waals surface area contributed by atoms with Gasteiger partial charge in [0.15, 0.2) is 0 Å². The standard InChI is InChI=1S/C16H20FN5O3/c17-13-4-2-1-3-12(13)11-22(6-5-21-7-9-24-10-8-21)16(23)14-15(18)20-25-19-14/h1-4H,5-11H2,(H2,18,20). The number of morpholine rings is 1. The van der Waals surface area contributed by atoms with E-state index in [1.54, 1.807) is 18.2 Å². The number of halogens is 1. The lowest BCUT2D eigenvalue weighted by molar-refractivity contribution is 0.0318. The number of hydrogen-bond donors (Lipinski definition) is 1. The molecule has 9 heteroatoms. The summed E-state index contributed by atoms with van der Waals surface area (Å²) in [7, 11) is 0. The Morgan fingerprint density at radius 1 is 1.28 bits per heavy atom. The Labute approximate surface area is 144 Å². The van der Waals surface area contributed by atoms with Gasteiger partial charge in [-0.3, -0.25) is 9.69 Å². The van der Waals surface area contributed by atoms with Crippen molar-refractivity contribution in [3.63, 3.8) is 0 Å². The quantitative estimate of drug-likeness (QED) is 0.822. The van der Waals surface area contributed by atoms with Crippen molar-refractivity contribution >= 4 is 11.7 Å². The summed E-state index contributed by atoms with van der Waals surface area (Å²) in [6.45, 7) is 4.10. The van der Waals surface area contributed by atoms with Gasteiger partial charge in [0.1, 0.15) is 5.82 Å². The molecule has 1 aliphatic rings. The van der Waals surface area contributed by atoms with Crippen molar-refractivity contribution in [1.82, 2.24) is 20.1 Å². The third-order valence-electron chi connectivity index (χ3n) is 4.11. The van der Waals surface area contributed by atoms with E-state index in [4.69, 9.17) is 10.5 Å². The van der Waals surface area contributed by atoms with Crippen molar-refractivity contribution in [3.8, 4) is 0 Å². The van der Waals surface area contributed by atoms with E-state index >= 15 is 0 Å². The van der Waals surface area contributed by atoms with Gasteiger partial charge in [0, 0.05) is 38.3 Å². The number of rotatable bonds is 6. The van der Waals surface area contributed by atoms with Gasteiger partial charge in [-0.15, -0.1) is 0 Å². The molecule has 1 fully saturated rings. The van der Waals surface area contributed by atoms with Crippen LogP contribution in [0, 0.1) is 5.82 Å². The molecule has 0 saturated carbocycles. The Bertz CT molecular complexity index is 717. The van der Waals surface area contributed by atoms with Crippen LogP contribution in [0.4, 0.5) is 10.2 Å². The van der Waals surface area contributed by atoms with E-state index in [-0.39, 0.29) is 23.9 Å². The lowest BCUT2D eigenvalue weighted by Gasteiger charge is -2.30. The highest BCUT2D eigenvalue weighted by molar-refractivity contribution is 5.96. The Kier molecular flexibility index (Phi) is 5.56. The zero-order valence-corrected chi connectivity index (χ0v) is 13.7. The van der Waals surface area contributed by atoms with Gasteiger partial charge in [-0.25, -0.2) is 9.02 Å². The summed E-state index contributed by atoms with van der Waals surface area (Å²) >= 11 is 0. The predicted molar refractivity (Wildman–Crippen MR) is 87.1 cm³/mol. The van der Waals surface area contributed by atoms with Crippen LogP contribution >= 0.6 is 0 Å². The van der Waals surface area contributed by atoms with E-state index in [1.807, 2.05) is 0 Å². The minimum Gasteiger partial charge on any atom is -0.379 e. The van der Waals surface area contributed by atoms with Gasteiger partial charge in [0.2, 0.25) is 11.5 Å². The van der Waals surface area contributed by atoms with Crippen LogP contribution in [0.3, 0.4) is 0 Å². The monoisotopic (exact) mass is 349 g/mol. The molecule has 3 rings (SSSR count). The normalized spacial score (nSPS) is 15.2. The molecule has 1 aromatic carbocycles. The average Bonchev–Trinajstić information content (AvgIpc) is 3.06. The number of nitrogens with zero attached hydrogens (tertiary/aromatic N) is 4. The summed E-state index contributed by atoms with van der Waals surface area (Å²) in [5, 5.41) is 7.00. The SMILES string of the molecule is Nc1nonc1C(=O)N(CCN1CCOCC1)Cc1ccccc1F. The van der Waals surface area contributed by atoms with Crippen LogP contribution in [-0.4, -0.2) is 65.4 Å². The summed E-state index contributed by atoms with van der Waals surface area (Å²) in [5.41, 5.74) is 5.99. The largest absolute Gasteiger partial charge is 0.379 e. The Morgan fingerprint density at radius 3 is 2.72 bits per heavy atom. The highest BCUT2D eigenvalue weighted by Gasteiger charge is 2.24. The van der Waals surface area contributed by atoms with Gasteiger partial charge in [-0.2, -0.15) is 0 Å². The Morgan fingerprint density at radius 2 is 2.04 bits per heavy atom. The van der Waals surface area contributed by atoms with Crippen molar-refractivity contribution < 1.29 is 18.6 Å². The number of nitrogen functional groups attached to an aromatic ring is 1. The Balaban J connectivity index is 1.74. The van der Waals surface area contributed by atoms with E-state index in [0.717, 1.165) is 13.1 Å². The van der Waals surface area contributed by atoms with Crippen molar-refractivity contribution in [2.45, 2.75) is 6.54 Å². The van der Waals surface area contributed by atoms with Crippen LogP contribution in [0.25, 0.3) is 0 Å². The van der Waals surface area contributed by atoms with Crippen LogP contribution < -0.4 is 5.73 Å². The lowest BCUT2D eigenvalue weighted by atomic mass is 10.2. The van der Waals surface area contributed by atoms with E-state index in [0.29, 0.717) is 31.9 Å². The molecule has 2 N–H and O–H groups in total. The third kappa shape index (κ3) is 4.31. The fourth-order valence-electron chi connectivity index (χ4n) is 2.67. The summed E-state index contributed by atoms with van der Waals surface area (Å²) in [6.07, 6.45) is 0. The minimum atomic E-state index is -0.435. The second-order valence-corrected chi connectivity index (χ2v) is 5.77. The van der Waals surface area contributed by atoms with Gasteiger partial charge in [-0.05, 0) is 16.4 Å². The molecule has 2 aromatic rings. The summed E-state index contributed by atoms with van der Waals surface area (Å²) in [4.78, 5) is 16.4. The first-order valence-corrected chi connectivity index (χ1v) is 8.06. The van der Waals surface area contributed by atoms with Crippen molar-refractivity contribution in [2.75, 3.05) is 45.1 Å². The molecule has 25 heavy (non-hydrogen) atoms. The maximum Gasteiger partial charge on any atom is 0.280 e. The zero-order chi connectivity index (χ0) is 17.6. The van der Waals surface area contributed by atoms with Gasteiger partial charge in [0.05, 0.1) is 13.2 Å². The highest BCUT2D eigenvalue weighted by Crippen LogP contribution is 2.15. The second-order valence-electron chi connectivity index (χ2n) is 5.77. The molecule has 1 saturated heterocycles. The number of carbonyl (C=O) groups is 1. The predicted octanol–water partition coefficient (Wildman–Crippen LogP) is 0.766. The molecule has 0 radical (unpaired) electrons. The maximum absolute atomic E-state index is 14.0. The third-order valence-corrected chi connectivity index (χ3v) is 4.11. The number of ether oxygens (including phenoxy) is 1. The number of hydrogen-bond acceptors (Lipinski definition) is 7. The minimum absolute atomic E-state index is 0.0571. The van der Waals surface area contributed by atoms with Crippen LogP contribution in [0.1, 0.15) is 16.1 Å². The van der Waals surface area contributed by atoms with Crippen molar-refractivity contribution in [2.24, 2.45) is 0 Å². The molecule has 0 atom stereocenters. The maximum atomic E-state index is 14.0. The van der Waals surface area contributed by atoms with Gasteiger partial charge in [-0.1, -0.05) is 18.2 Å². The first-order valence-electron chi connectivity index (χ1n) is 8.06. The number of amides is 1. The van der Waals surface area contributed by atoms with Gasteiger partial charge < -0.3 is 15.4 Å². The zero-order valence-electron chi connectivity index (χ0n) is 13.7. The van der Waals surface area contributed by atoms with E-state index in [2.05, 4.69) is 19.8 Å². The van der Waals surface area contributed by atoms with Gasteiger partial charge in [0.25, 0.3) is 5.91 Å². The fraction of sp³-hybridized carbons (Fsp3) is 0.438. The Hall–Kier alpha value is -2.52. The molecular formula is C16H20FN5O3. The van der Waals surface area contributed by atoms with Crippen LogP contribution in [0.2, 0.25) is 0 Å². The number of carbonyl (C=O) groups excluding carboxylic acids is 1. The van der Waals surface area contributed by atoms with Crippen LogP contribution in [-0.2, 0) is 11.3 Å². The van der Waals surface area contributed by atoms with E-state index < -0.39 is 5.91 Å². The molecule has 0 aliphatic carbocycles. The summed E-state index contributed by atoms with van der Waals surface area (Å²) < 4.78 is 23.8. The van der Waals surface area contributed by atoms with E-state index in [9.17, 15) is 9.18 Å². The molecule has 0 bridgehead atoms. The van der Waals surface area contributed by atoms with Crippen molar-refractivity contribution in [3.05, 3.63) is 41.3 Å². The molecule has 1 aromatic heterocycles. The molecule has 0 spiro atoms. The molecule has 0 unspecified atom stereocenters. The number of benzene rings is 1. The first kappa shape index (κ1) is 17.3. The van der Waals surface area contributed by atoms with Crippen LogP contribution in [0.5, 0.6) is 0 Å². The number of aromatic nitrogens is 2. The summed E-state index contributed by atoms with van der Waals surface area (Å²) in [5.74, 6) is -0.872. The highest BCUT2D eigenvalue weighted by atomic mass is 19.1. The van der Waals surface area contributed by atoms with Crippen molar-refractivity contribution in [1.29, 1.82) is 0 Å². The molecule has 134 valence electrons. The molecular weight excluding hydrogens is 329 g/mol. The lowest BCUT2D eigenvalue weighted by Crippen LogP contribution is -2.43. The first-order chi connectivity index (χ1) is 12.1. The van der Waals surface area contributed by atoms with Crippen LogP contribution in [0.15, 0.2) is 28.9 Å². The summed E-state index contributed by atoms with van der Waals surface area (Å²) in [6, 6.07) is 6.36. The second kappa shape index (κ2) is 8.04. The van der Waals surface area contributed by atoms with Gasteiger partial charge >= 0.3 is 0 Å². The fourth-order valence-corrected chi connectivity index (χ4v) is 2.67. The number of nitrogens with two attached hydrogens (primary N) is 1. The smallest absolute Gasteiger partial charge is 0.280 e. The average molecular weight is 349 g/mol. The van der Waals surface area contributed by atoms with E-state index in [1.165, 1.54) is 11.0 Å².